The van der Waals surface area contributed by atoms with Crippen molar-refractivity contribution in [3.63, 3.8) is 0 Å². The molecule has 16 heavy (non-hydrogen) atoms. The molecule has 1 unspecified atom stereocenters. The summed E-state index contributed by atoms with van der Waals surface area (Å²) in [6.07, 6.45) is 2.57. The van der Waals surface area contributed by atoms with Crippen molar-refractivity contribution >= 4 is 17.5 Å². The number of amides is 1. The Labute approximate surface area is 104 Å². The lowest BCUT2D eigenvalue weighted by atomic mass is 9.95. The predicted octanol–water partition coefficient (Wildman–Crippen LogP) is 1.85. The van der Waals surface area contributed by atoms with E-state index in [-0.39, 0.29) is 5.91 Å². The van der Waals surface area contributed by atoms with Crippen molar-refractivity contribution < 1.29 is 4.79 Å². The van der Waals surface area contributed by atoms with E-state index in [1.807, 2.05) is 13.8 Å². The first kappa shape index (κ1) is 13.8. The van der Waals surface area contributed by atoms with E-state index in [1.165, 1.54) is 12.8 Å². The van der Waals surface area contributed by atoms with Crippen molar-refractivity contribution in [3.05, 3.63) is 0 Å². The van der Waals surface area contributed by atoms with Crippen molar-refractivity contribution in [1.82, 2.24) is 10.2 Å². The molecule has 1 amide bonds. The van der Waals surface area contributed by atoms with E-state index in [0.29, 0.717) is 11.9 Å². The van der Waals surface area contributed by atoms with Crippen LogP contribution >= 0.6 is 11.6 Å². The maximum atomic E-state index is 11.8. The van der Waals surface area contributed by atoms with Crippen LogP contribution in [0.1, 0.15) is 33.6 Å². The molecule has 1 rings (SSSR count). The first-order valence-electron chi connectivity index (χ1n) is 6.05. The summed E-state index contributed by atoms with van der Waals surface area (Å²) in [7, 11) is 0. The minimum absolute atomic E-state index is 0.0496. The average Bonchev–Trinajstić information content (AvgIpc) is 2.78. The Balaban J connectivity index is 2.30. The Morgan fingerprint density at radius 1 is 1.44 bits per heavy atom. The third-order valence-corrected chi connectivity index (χ3v) is 3.94. The first-order chi connectivity index (χ1) is 7.47. The molecule has 1 saturated heterocycles. The van der Waals surface area contributed by atoms with Gasteiger partial charge in [-0.3, -0.25) is 9.69 Å². The molecular formula is C12H23ClN2O. The zero-order chi connectivity index (χ0) is 12.2. The Morgan fingerprint density at radius 2 is 2.00 bits per heavy atom. The second-order valence-electron chi connectivity index (χ2n) is 5.32. The summed E-state index contributed by atoms with van der Waals surface area (Å²) >= 11 is 5.76. The molecule has 1 aliphatic heterocycles. The third kappa shape index (κ3) is 3.63. The number of carbonyl (C=O) groups is 1. The fraction of sp³-hybridized carbons (Fsp3) is 0.917. The molecular weight excluding hydrogens is 224 g/mol. The molecule has 3 nitrogen and oxygen atoms in total. The summed E-state index contributed by atoms with van der Waals surface area (Å²) < 4.78 is 0. The molecule has 0 aromatic carbocycles. The van der Waals surface area contributed by atoms with E-state index in [1.54, 1.807) is 0 Å². The molecule has 1 N–H and O–H groups in total. The Kier molecular flexibility index (Phi) is 5.06. The zero-order valence-corrected chi connectivity index (χ0v) is 11.3. The van der Waals surface area contributed by atoms with E-state index >= 15 is 0 Å². The Bertz CT molecular complexity index is 237. The highest BCUT2D eigenvalue weighted by atomic mass is 35.5. The average molecular weight is 247 g/mol. The highest BCUT2D eigenvalue weighted by Crippen LogP contribution is 2.17. The minimum Gasteiger partial charge on any atom is -0.354 e. The number of hydrogen-bond donors (Lipinski definition) is 1. The highest BCUT2D eigenvalue weighted by molar-refractivity contribution is 6.19. The number of carbonyl (C=O) groups excluding carboxylic acids is 1. The molecule has 4 heteroatoms. The van der Waals surface area contributed by atoms with Gasteiger partial charge in [-0.25, -0.2) is 0 Å². The van der Waals surface area contributed by atoms with Crippen LogP contribution in [0.25, 0.3) is 0 Å². The lowest BCUT2D eigenvalue weighted by Crippen LogP contribution is -2.45. The maximum absolute atomic E-state index is 11.8. The highest BCUT2D eigenvalue weighted by Gasteiger charge is 2.27. The summed E-state index contributed by atoms with van der Waals surface area (Å²) in [6.45, 7) is 8.95. The quantitative estimate of drug-likeness (QED) is 0.751. The summed E-state index contributed by atoms with van der Waals surface area (Å²) in [5.41, 5.74) is -0.466. The van der Waals surface area contributed by atoms with Crippen LogP contribution in [0.4, 0.5) is 0 Å². The topological polar surface area (TPSA) is 32.3 Å². The molecule has 1 aliphatic rings. The molecule has 0 aliphatic carbocycles. The van der Waals surface area contributed by atoms with Crippen LogP contribution in [0, 0.1) is 5.41 Å². The number of rotatable bonds is 5. The summed E-state index contributed by atoms with van der Waals surface area (Å²) in [5.74, 6) is 0.408. The van der Waals surface area contributed by atoms with Crippen molar-refractivity contribution in [1.29, 1.82) is 0 Å². The molecule has 94 valence electrons. The summed E-state index contributed by atoms with van der Waals surface area (Å²) in [5, 5.41) is 2.99. The molecule has 0 aromatic rings. The normalized spacial score (nSPS) is 19.8. The van der Waals surface area contributed by atoms with Crippen LogP contribution < -0.4 is 5.32 Å². The largest absolute Gasteiger partial charge is 0.354 e. The fourth-order valence-corrected chi connectivity index (χ4v) is 1.97. The van der Waals surface area contributed by atoms with Crippen LogP contribution in [0.5, 0.6) is 0 Å². The van der Waals surface area contributed by atoms with E-state index in [9.17, 15) is 4.79 Å². The van der Waals surface area contributed by atoms with Crippen LogP contribution in [0.15, 0.2) is 0 Å². The Morgan fingerprint density at radius 3 is 2.50 bits per heavy atom. The predicted molar refractivity (Wildman–Crippen MR) is 67.8 cm³/mol. The molecule has 0 radical (unpaired) electrons. The number of nitrogens with zero attached hydrogens (tertiary/aromatic N) is 1. The second-order valence-corrected chi connectivity index (χ2v) is 5.59. The maximum Gasteiger partial charge on any atom is 0.226 e. The van der Waals surface area contributed by atoms with Gasteiger partial charge in [-0.05, 0) is 46.7 Å². The molecule has 1 heterocycles. The van der Waals surface area contributed by atoms with Gasteiger partial charge in [0, 0.05) is 18.5 Å². The van der Waals surface area contributed by atoms with E-state index in [4.69, 9.17) is 11.6 Å². The molecule has 0 aromatic heterocycles. The standard InChI is InChI=1S/C12H23ClN2O/c1-10(15-6-4-5-7-15)8-14-11(16)12(2,3)9-13/h10H,4-9H2,1-3H3,(H,14,16). The van der Waals surface area contributed by atoms with E-state index < -0.39 is 5.41 Å². The van der Waals surface area contributed by atoms with Gasteiger partial charge < -0.3 is 5.32 Å². The number of nitrogens with one attached hydrogen (secondary N) is 1. The third-order valence-electron chi connectivity index (χ3n) is 3.27. The SMILES string of the molecule is CC(CNC(=O)C(C)(C)CCl)N1CCCC1. The lowest BCUT2D eigenvalue weighted by molar-refractivity contribution is -0.128. The lowest BCUT2D eigenvalue weighted by Gasteiger charge is -2.26. The second kappa shape index (κ2) is 5.87. The van der Waals surface area contributed by atoms with Gasteiger partial charge in [-0.1, -0.05) is 0 Å². The van der Waals surface area contributed by atoms with Gasteiger partial charge in [0.25, 0.3) is 0 Å². The zero-order valence-electron chi connectivity index (χ0n) is 10.6. The summed E-state index contributed by atoms with van der Waals surface area (Å²) in [4.78, 5) is 14.2. The summed E-state index contributed by atoms with van der Waals surface area (Å²) in [6, 6.07) is 0.428. The van der Waals surface area contributed by atoms with Crippen molar-refractivity contribution in [2.24, 2.45) is 5.41 Å². The van der Waals surface area contributed by atoms with Gasteiger partial charge in [-0.2, -0.15) is 0 Å². The van der Waals surface area contributed by atoms with Crippen molar-refractivity contribution in [2.45, 2.75) is 39.7 Å². The number of halogens is 1. The van der Waals surface area contributed by atoms with Gasteiger partial charge in [0.1, 0.15) is 0 Å². The number of alkyl halides is 1. The van der Waals surface area contributed by atoms with Gasteiger partial charge in [0.15, 0.2) is 0 Å². The molecule has 0 spiro atoms. The van der Waals surface area contributed by atoms with E-state index in [0.717, 1.165) is 19.6 Å². The van der Waals surface area contributed by atoms with Gasteiger partial charge in [0.2, 0.25) is 5.91 Å². The molecule has 0 bridgehead atoms. The van der Waals surface area contributed by atoms with Gasteiger partial charge >= 0.3 is 0 Å². The fourth-order valence-electron chi connectivity index (χ4n) is 1.85. The molecule has 1 atom stereocenters. The van der Waals surface area contributed by atoms with Crippen LogP contribution in [0.2, 0.25) is 0 Å². The Hall–Kier alpha value is -0.280. The minimum atomic E-state index is -0.466. The first-order valence-corrected chi connectivity index (χ1v) is 6.59. The van der Waals surface area contributed by atoms with Gasteiger partial charge in [0.05, 0.1) is 5.41 Å². The van der Waals surface area contributed by atoms with Crippen molar-refractivity contribution in [3.8, 4) is 0 Å². The molecule has 1 fully saturated rings. The number of hydrogen-bond acceptors (Lipinski definition) is 2. The smallest absolute Gasteiger partial charge is 0.226 e. The number of likely N-dealkylation sites (tertiary alicyclic amines) is 1. The molecule has 0 saturated carbocycles. The van der Waals surface area contributed by atoms with Crippen LogP contribution in [-0.4, -0.2) is 42.4 Å². The van der Waals surface area contributed by atoms with Crippen molar-refractivity contribution in [2.75, 3.05) is 25.5 Å². The monoisotopic (exact) mass is 246 g/mol. The van der Waals surface area contributed by atoms with Crippen LogP contribution in [-0.2, 0) is 4.79 Å². The van der Waals surface area contributed by atoms with Gasteiger partial charge in [-0.15, -0.1) is 11.6 Å². The van der Waals surface area contributed by atoms with Crippen LogP contribution in [0.3, 0.4) is 0 Å². The van der Waals surface area contributed by atoms with E-state index in [2.05, 4.69) is 17.1 Å².